The summed E-state index contributed by atoms with van der Waals surface area (Å²) in [5.41, 5.74) is 1.97. The van der Waals surface area contributed by atoms with E-state index in [0.29, 0.717) is 11.0 Å². The van der Waals surface area contributed by atoms with Crippen LogP contribution in [0.1, 0.15) is 5.56 Å². The first kappa shape index (κ1) is 17.9. The zero-order chi connectivity index (χ0) is 18.4. The molecule has 0 unspecified atom stereocenters. The highest BCUT2D eigenvalue weighted by Gasteiger charge is 2.23. The van der Waals surface area contributed by atoms with Crippen LogP contribution in [0.5, 0.6) is 0 Å². The highest BCUT2D eigenvalue weighted by Crippen LogP contribution is 2.23. The fourth-order valence-electron chi connectivity index (χ4n) is 2.78. The van der Waals surface area contributed by atoms with E-state index in [1.807, 2.05) is 24.3 Å². The molecule has 0 saturated heterocycles. The number of benzene rings is 2. The van der Waals surface area contributed by atoms with Gasteiger partial charge in [0.2, 0.25) is 10.0 Å². The summed E-state index contributed by atoms with van der Waals surface area (Å²) in [7, 11) is 1.16. The SMILES string of the molecule is CN(Cc1ccccc1Br)S(=O)(=O)c1ccc2c(c1)n(C)c(=O)n2C. The molecule has 0 amide bonds. The third-order valence-corrected chi connectivity index (χ3v) is 6.88. The summed E-state index contributed by atoms with van der Waals surface area (Å²) >= 11 is 3.44. The van der Waals surface area contributed by atoms with Crippen LogP contribution in [-0.2, 0) is 30.7 Å². The van der Waals surface area contributed by atoms with Crippen molar-refractivity contribution in [2.75, 3.05) is 7.05 Å². The molecule has 0 N–H and O–H groups in total. The second kappa shape index (κ2) is 6.44. The van der Waals surface area contributed by atoms with E-state index in [4.69, 9.17) is 0 Å². The molecule has 0 bridgehead atoms. The Labute approximate surface area is 154 Å². The molecule has 0 atom stereocenters. The van der Waals surface area contributed by atoms with Crippen LogP contribution >= 0.6 is 15.9 Å². The minimum atomic E-state index is -3.68. The number of sulfonamides is 1. The van der Waals surface area contributed by atoms with Gasteiger partial charge in [0.25, 0.3) is 0 Å². The van der Waals surface area contributed by atoms with Crippen molar-refractivity contribution in [2.24, 2.45) is 14.1 Å². The largest absolute Gasteiger partial charge is 0.328 e. The van der Waals surface area contributed by atoms with Gasteiger partial charge >= 0.3 is 5.69 Å². The Morgan fingerprint density at radius 3 is 2.36 bits per heavy atom. The van der Waals surface area contributed by atoms with Crippen molar-refractivity contribution in [1.29, 1.82) is 0 Å². The molecule has 3 rings (SSSR count). The molecule has 25 heavy (non-hydrogen) atoms. The average Bonchev–Trinajstić information content (AvgIpc) is 2.81. The van der Waals surface area contributed by atoms with E-state index >= 15 is 0 Å². The maximum atomic E-state index is 12.9. The van der Waals surface area contributed by atoms with Crippen molar-refractivity contribution in [2.45, 2.75) is 11.4 Å². The molecule has 0 radical (unpaired) electrons. The molecule has 0 fully saturated rings. The number of imidazole rings is 1. The van der Waals surface area contributed by atoms with Gasteiger partial charge in [-0.2, -0.15) is 4.31 Å². The molecular weight excluding hydrogens is 406 g/mol. The molecule has 132 valence electrons. The first-order chi connectivity index (χ1) is 11.7. The Kier molecular flexibility index (Phi) is 4.61. The second-order valence-corrected chi connectivity index (χ2v) is 8.80. The van der Waals surface area contributed by atoms with Gasteiger partial charge < -0.3 is 0 Å². The van der Waals surface area contributed by atoms with Gasteiger partial charge in [-0.25, -0.2) is 13.2 Å². The summed E-state index contributed by atoms with van der Waals surface area (Å²) in [6.07, 6.45) is 0. The Balaban J connectivity index is 2.02. The lowest BCUT2D eigenvalue weighted by atomic mass is 10.2. The van der Waals surface area contributed by atoms with Crippen molar-refractivity contribution in [3.63, 3.8) is 0 Å². The van der Waals surface area contributed by atoms with Gasteiger partial charge in [0.1, 0.15) is 0 Å². The number of fused-ring (bicyclic) bond motifs is 1. The van der Waals surface area contributed by atoms with Gasteiger partial charge in [0, 0.05) is 32.2 Å². The summed E-state index contributed by atoms with van der Waals surface area (Å²) in [5, 5.41) is 0. The quantitative estimate of drug-likeness (QED) is 0.647. The smallest absolute Gasteiger partial charge is 0.295 e. The molecule has 2 aromatic carbocycles. The molecule has 0 saturated carbocycles. The summed E-state index contributed by atoms with van der Waals surface area (Å²) in [4.78, 5) is 12.2. The van der Waals surface area contributed by atoms with Crippen LogP contribution in [-0.4, -0.2) is 28.9 Å². The standard InChI is InChI=1S/C17H18BrN3O3S/c1-19(11-12-6-4-5-7-14(12)18)25(23,24)13-8-9-15-16(10-13)21(3)17(22)20(15)2/h4-10H,11H2,1-3H3. The van der Waals surface area contributed by atoms with Crippen LogP contribution in [0.25, 0.3) is 11.0 Å². The van der Waals surface area contributed by atoms with Crippen LogP contribution in [0.15, 0.2) is 56.6 Å². The lowest BCUT2D eigenvalue weighted by Gasteiger charge is -2.18. The van der Waals surface area contributed by atoms with Crippen molar-refractivity contribution in [1.82, 2.24) is 13.4 Å². The molecule has 0 aliphatic carbocycles. The highest BCUT2D eigenvalue weighted by atomic mass is 79.9. The van der Waals surface area contributed by atoms with Crippen LogP contribution in [0, 0.1) is 0 Å². The van der Waals surface area contributed by atoms with E-state index in [9.17, 15) is 13.2 Å². The monoisotopic (exact) mass is 423 g/mol. The minimum absolute atomic E-state index is 0.163. The van der Waals surface area contributed by atoms with Crippen molar-refractivity contribution >= 4 is 37.0 Å². The normalized spacial score (nSPS) is 12.2. The van der Waals surface area contributed by atoms with Crippen LogP contribution < -0.4 is 5.69 Å². The summed E-state index contributed by atoms with van der Waals surface area (Å²) in [6.45, 7) is 0.246. The number of aromatic nitrogens is 2. The third-order valence-electron chi connectivity index (χ3n) is 4.30. The first-order valence-electron chi connectivity index (χ1n) is 7.58. The third kappa shape index (κ3) is 3.05. The number of rotatable bonds is 4. The zero-order valence-corrected chi connectivity index (χ0v) is 16.5. The molecule has 8 heteroatoms. The molecule has 0 aliphatic heterocycles. The molecule has 1 aromatic heterocycles. The zero-order valence-electron chi connectivity index (χ0n) is 14.1. The lowest BCUT2D eigenvalue weighted by molar-refractivity contribution is 0.466. The Bertz CT molecular complexity index is 1120. The van der Waals surface area contributed by atoms with Gasteiger partial charge in [-0.3, -0.25) is 9.13 Å². The predicted molar refractivity (Wildman–Crippen MR) is 101 cm³/mol. The Hall–Kier alpha value is -1.90. The fraction of sp³-hybridized carbons (Fsp3) is 0.235. The molecular formula is C17H18BrN3O3S. The Morgan fingerprint density at radius 2 is 1.68 bits per heavy atom. The number of nitrogens with zero attached hydrogens (tertiary/aromatic N) is 3. The highest BCUT2D eigenvalue weighted by molar-refractivity contribution is 9.10. The van der Waals surface area contributed by atoms with Crippen LogP contribution in [0.4, 0.5) is 0 Å². The van der Waals surface area contributed by atoms with Crippen molar-refractivity contribution in [3.05, 3.63) is 63.0 Å². The predicted octanol–water partition coefficient (Wildman–Crippen LogP) is 2.46. The number of hydrogen-bond acceptors (Lipinski definition) is 3. The fourth-order valence-corrected chi connectivity index (χ4v) is 4.36. The second-order valence-electron chi connectivity index (χ2n) is 5.90. The van der Waals surface area contributed by atoms with E-state index in [0.717, 1.165) is 10.0 Å². The Morgan fingerprint density at radius 1 is 1.04 bits per heavy atom. The molecule has 6 nitrogen and oxygen atoms in total. The van der Waals surface area contributed by atoms with Crippen LogP contribution in [0.3, 0.4) is 0 Å². The maximum absolute atomic E-state index is 12.9. The lowest BCUT2D eigenvalue weighted by Crippen LogP contribution is -2.26. The number of aryl methyl sites for hydroxylation is 2. The minimum Gasteiger partial charge on any atom is -0.295 e. The van der Waals surface area contributed by atoms with Crippen molar-refractivity contribution in [3.8, 4) is 0 Å². The van der Waals surface area contributed by atoms with E-state index in [-0.39, 0.29) is 17.1 Å². The average molecular weight is 424 g/mol. The number of halogens is 1. The van der Waals surface area contributed by atoms with E-state index in [1.54, 1.807) is 33.3 Å². The molecule has 1 heterocycles. The van der Waals surface area contributed by atoms with E-state index in [1.165, 1.54) is 19.5 Å². The van der Waals surface area contributed by atoms with E-state index < -0.39 is 10.0 Å². The topological polar surface area (TPSA) is 64.3 Å². The summed E-state index contributed by atoms with van der Waals surface area (Å²) in [5.74, 6) is 0. The number of hydrogen-bond donors (Lipinski definition) is 0. The summed E-state index contributed by atoms with van der Waals surface area (Å²) < 4.78 is 30.9. The van der Waals surface area contributed by atoms with Crippen molar-refractivity contribution < 1.29 is 8.42 Å². The maximum Gasteiger partial charge on any atom is 0.328 e. The van der Waals surface area contributed by atoms with Gasteiger partial charge in [-0.1, -0.05) is 34.1 Å². The van der Waals surface area contributed by atoms with Crippen LogP contribution in [0.2, 0.25) is 0 Å². The van der Waals surface area contributed by atoms with E-state index in [2.05, 4.69) is 15.9 Å². The summed E-state index contributed by atoms with van der Waals surface area (Å²) in [6, 6.07) is 12.2. The van der Waals surface area contributed by atoms with Gasteiger partial charge in [-0.15, -0.1) is 0 Å². The van der Waals surface area contributed by atoms with Gasteiger partial charge in [0.05, 0.1) is 15.9 Å². The molecule has 0 spiro atoms. The first-order valence-corrected chi connectivity index (χ1v) is 9.82. The molecule has 0 aliphatic rings. The van der Waals surface area contributed by atoms with Gasteiger partial charge in [-0.05, 0) is 29.8 Å². The van der Waals surface area contributed by atoms with Gasteiger partial charge in [0.15, 0.2) is 0 Å². The molecule has 3 aromatic rings.